The summed E-state index contributed by atoms with van der Waals surface area (Å²) >= 11 is 17.6. The maximum atomic E-state index is 11.8. The van der Waals surface area contributed by atoms with Crippen molar-refractivity contribution in [2.75, 3.05) is 11.9 Å². The van der Waals surface area contributed by atoms with Crippen LogP contribution in [-0.2, 0) is 0 Å². The number of hydrogen-bond donors (Lipinski definition) is 2. The third kappa shape index (κ3) is 5.47. The van der Waals surface area contributed by atoms with Gasteiger partial charge in [0.05, 0.1) is 22.7 Å². The van der Waals surface area contributed by atoms with Crippen molar-refractivity contribution in [3.63, 3.8) is 0 Å². The van der Waals surface area contributed by atoms with Gasteiger partial charge in [-0.25, -0.2) is 4.79 Å². The third-order valence-corrected chi connectivity index (χ3v) is 3.96. The highest BCUT2D eigenvalue weighted by Crippen LogP contribution is 2.23. The molecule has 0 atom stereocenters. The van der Waals surface area contributed by atoms with Gasteiger partial charge in [-0.3, -0.25) is 0 Å². The van der Waals surface area contributed by atoms with Crippen LogP contribution in [0, 0.1) is 11.3 Å². The Morgan fingerprint density at radius 1 is 1.08 bits per heavy atom. The quantitative estimate of drug-likeness (QED) is 0.700. The van der Waals surface area contributed by atoms with Crippen LogP contribution < -0.4 is 10.6 Å². The van der Waals surface area contributed by atoms with Gasteiger partial charge in [0.25, 0.3) is 0 Å². The Hall–Kier alpha value is -2.19. The van der Waals surface area contributed by atoms with Crippen LogP contribution >= 0.6 is 34.8 Å². The minimum absolute atomic E-state index is 0.0795. The summed E-state index contributed by atoms with van der Waals surface area (Å²) in [4.78, 5) is 11.8. The van der Waals surface area contributed by atoms with E-state index in [1.54, 1.807) is 48.5 Å². The number of benzene rings is 2. The lowest BCUT2D eigenvalue weighted by Gasteiger charge is -2.07. The number of halogens is 3. The Balaban J connectivity index is 1.96. The van der Waals surface area contributed by atoms with E-state index in [1.807, 2.05) is 6.07 Å². The largest absolute Gasteiger partial charge is 0.333 e. The number of nitriles is 1. The smallest absolute Gasteiger partial charge is 0.319 e. The van der Waals surface area contributed by atoms with Crippen LogP contribution in [0.3, 0.4) is 0 Å². The van der Waals surface area contributed by atoms with Gasteiger partial charge in [-0.1, -0.05) is 40.9 Å². The van der Waals surface area contributed by atoms with Gasteiger partial charge in [-0.2, -0.15) is 5.26 Å². The lowest BCUT2D eigenvalue weighted by atomic mass is 10.1. The number of carbonyl (C=O) groups is 1. The topological polar surface area (TPSA) is 64.9 Å². The fourth-order valence-corrected chi connectivity index (χ4v) is 2.24. The fourth-order valence-electron chi connectivity index (χ4n) is 1.81. The number of anilines is 1. The maximum Gasteiger partial charge on any atom is 0.319 e. The van der Waals surface area contributed by atoms with Crippen molar-refractivity contribution in [1.82, 2.24) is 5.32 Å². The van der Waals surface area contributed by atoms with E-state index in [0.717, 1.165) is 5.56 Å². The molecule has 0 aromatic heterocycles. The van der Waals surface area contributed by atoms with Gasteiger partial charge in [0.15, 0.2) is 0 Å². The van der Waals surface area contributed by atoms with Crippen LogP contribution in [0.4, 0.5) is 10.5 Å². The average molecular weight is 381 g/mol. The summed E-state index contributed by atoms with van der Waals surface area (Å²) < 4.78 is 0. The summed E-state index contributed by atoms with van der Waals surface area (Å²) in [7, 11) is 0. The first kappa shape index (κ1) is 18.2. The first-order valence-electron chi connectivity index (χ1n) is 6.84. The first-order valence-corrected chi connectivity index (χ1v) is 7.97. The molecule has 2 aromatic carbocycles. The Kier molecular flexibility index (Phi) is 6.51. The molecular weight excluding hydrogens is 369 g/mol. The zero-order valence-corrected chi connectivity index (χ0v) is 14.6. The lowest BCUT2D eigenvalue weighted by molar-refractivity contribution is 0.253. The highest BCUT2D eigenvalue weighted by atomic mass is 35.5. The number of nitrogens with zero attached hydrogens (tertiary/aromatic N) is 1. The second kappa shape index (κ2) is 8.60. The summed E-state index contributed by atoms with van der Waals surface area (Å²) in [6.45, 7) is 0.0795. The van der Waals surface area contributed by atoms with Crippen LogP contribution in [0.5, 0.6) is 0 Å². The molecule has 0 aliphatic rings. The normalized spacial score (nSPS) is 10.8. The number of amides is 2. The van der Waals surface area contributed by atoms with E-state index in [0.29, 0.717) is 26.3 Å². The minimum Gasteiger partial charge on any atom is -0.333 e. The first-order chi connectivity index (χ1) is 11.5. The molecule has 0 bridgehead atoms. The van der Waals surface area contributed by atoms with Crippen molar-refractivity contribution >= 4 is 52.6 Å². The number of rotatable bonds is 4. The Morgan fingerprint density at radius 2 is 1.79 bits per heavy atom. The Bertz CT molecular complexity index is 811. The highest BCUT2D eigenvalue weighted by Gasteiger charge is 2.04. The summed E-state index contributed by atoms with van der Waals surface area (Å²) in [6.07, 6.45) is 1.63. The standard InChI is InChI=1S/C17H12Cl3N3O/c18-13-2-4-14(5-3-13)23-17(24)22-10-12(9-21)7-11-1-6-15(19)16(20)8-11/h1-8H,10H2,(H2,22,23,24)/b12-7-. The van der Waals surface area contributed by atoms with Crippen molar-refractivity contribution in [2.45, 2.75) is 0 Å². The molecule has 0 aliphatic heterocycles. The molecule has 0 saturated heterocycles. The molecule has 2 aromatic rings. The molecule has 0 saturated carbocycles. The molecule has 4 nitrogen and oxygen atoms in total. The second-order valence-electron chi connectivity index (χ2n) is 4.77. The van der Waals surface area contributed by atoms with Gasteiger partial charge in [0, 0.05) is 16.3 Å². The molecule has 0 radical (unpaired) electrons. The second-order valence-corrected chi connectivity index (χ2v) is 6.02. The van der Waals surface area contributed by atoms with Crippen molar-refractivity contribution in [2.24, 2.45) is 0 Å². The molecule has 122 valence electrons. The molecule has 0 spiro atoms. The zero-order chi connectivity index (χ0) is 17.5. The molecule has 2 amide bonds. The van der Waals surface area contributed by atoms with Gasteiger partial charge in [0.2, 0.25) is 0 Å². The van der Waals surface area contributed by atoms with Crippen LogP contribution in [0.15, 0.2) is 48.0 Å². The monoisotopic (exact) mass is 379 g/mol. The molecule has 0 unspecified atom stereocenters. The van der Waals surface area contributed by atoms with E-state index >= 15 is 0 Å². The number of hydrogen-bond acceptors (Lipinski definition) is 2. The molecule has 0 aliphatic carbocycles. The van der Waals surface area contributed by atoms with Crippen LogP contribution in [0.1, 0.15) is 5.56 Å². The van der Waals surface area contributed by atoms with Gasteiger partial charge in [0.1, 0.15) is 0 Å². The van der Waals surface area contributed by atoms with Crippen molar-refractivity contribution in [1.29, 1.82) is 5.26 Å². The van der Waals surface area contributed by atoms with Crippen molar-refractivity contribution < 1.29 is 4.79 Å². The SMILES string of the molecule is N#C/C(=C/c1ccc(Cl)c(Cl)c1)CNC(=O)Nc1ccc(Cl)cc1. The Morgan fingerprint density at radius 3 is 2.42 bits per heavy atom. The van der Waals surface area contributed by atoms with E-state index in [1.165, 1.54) is 0 Å². The van der Waals surface area contributed by atoms with Crippen LogP contribution in [-0.4, -0.2) is 12.6 Å². The predicted molar refractivity (Wildman–Crippen MR) is 98.5 cm³/mol. The van der Waals surface area contributed by atoms with E-state index in [9.17, 15) is 10.1 Å². The van der Waals surface area contributed by atoms with Crippen LogP contribution in [0.25, 0.3) is 6.08 Å². The summed E-state index contributed by atoms with van der Waals surface area (Å²) in [5.74, 6) is 0. The lowest BCUT2D eigenvalue weighted by Crippen LogP contribution is -2.30. The molecule has 0 fully saturated rings. The van der Waals surface area contributed by atoms with E-state index < -0.39 is 6.03 Å². The van der Waals surface area contributed by atoms with E-state index in [-0.39, 0.29) is 6.54 Å². The fraction of sp³-hybridized carbons (Fsp3) is 0.0588. The maximum absolute atomic E-state index is 11.8. The molecule has 24 heavy (non-hydrogen) atoms. The molecule has 2 N–H and O–H groups in total. The van der Waals surface area contributed by atoms with Crippen molar-refractivity contribution in [3.8, 4) is 6.07 Å². The van der Waals surface area contributed by atoms with Crippen molar-refractivity contribution in [3.05, 3.63) is 68.7 Å². The van der Waals surface area contributed by atoms with Crippen LogP contribution in [0.2, 0.25) is 15.1 Å². The van der Waals surface area contributed by atoms with E-state index in [2.05, 4.69) is 10.6 Å². The van der Waals surface area contributed by atoms with Gasteiger partial charge in [-0.05, 0) is 48.0 Å². The Labute approximate surface area is 154 Å². The number of nitrogens with one attached hydrogen (secondary N) is 2. The zero-order valence-electron chi connectivity index (χ0n) is 12.3. The summed E-state index contributed by atoms with van der Waals surface area (Å²) in [5.41, 5.74) is 1.70. The average Bonchev–Trinajstić information content (AvgIpc) is 2.57. The number of carbonyl (C=O) groups excluding carboxylic acids is 1. The minimum atomic E-state index is -0.424. The summed E-state index contributed by atoms with van der Waals surface area (Å²) in [5, 5.41) is 15.9. The molecule has 0 heterocycles. The van der Waals surface area contributed by atoms with E-state index in [4.69, 9.17) is 34.8 Å². The molecule has 2 rings (SSSR count). The number of urea groups is 1. The molecular formula is C17H12Cl3N3O. The van der Waals surface area contributed by atoms with Gasteiger partial charge in [-0.15, -0.1) is 0 Å². The van der Waals surface area contributed by atoms with Gasteiger partial charge >= 0.3 is 6.03 Å². The highest BCUT2D eigenvalue weighted by molar-refractivity contribution is 6.42. The summed E-state index contributed by atoms with van der Waals surface area (Å²) in [6, 6.07) is 13.3. The van der Waals surface area contributed by atoms with Gasteiger partial charge < -0.3 is 10.6 Å². The third-order valence-electron chi connectivity index (χ3n) is 2.97. The molecule has 7 heteroatoms. The predicted octanol–water partition coefficient (Wildman–Crippen LogP) is 5.38.